The van der Waals surface area contributed by atoms with Crippen molar-refractivity contribution in [2.24, 2.45) is 17.8 Å². The second-order valence-corrected chi connectivity index (χ2v) is 20.3. The van der Waals surface area contributed by atoms with E-state index < -0.39 is 22.9 Å². The Kier molecular flexibility index (Phi) is 21.3. The first-order chi connectivity index (χ1) is 25.3. The second-order valence-electron chi connectivity index (χ2n) is 20.3. The molecule has 0 spiro atoms. The first-order valence-corrected chi connectivity index (χ1v) is 20.7. The Bertz CT molecular complexity index is 1410. The SMILES string of the molecule is CC(C)(C)OC(=O)N1CCC(O)(c2cccc(C(C)(C)C)n2)CC1.CC(C)(C)c1cccc(C2(O)CCN(C(=O)O)CC2)n1.CC(C)C.CC(C)C.CC(C)C. The summed E-state index contributed by atoms with van der Waals surface area (Å²) in [6.45, 7) is 39.2. The van der Waals surface area contributed by atoms with Crippen LogP contribution in [0.3, 0.4) is 0 Å². The Balaban J connectivity index is 0.000000846. The zero-order chi connectivity index (χ0) is 43.9. The van der Waals surface area contributed by atoms with Crippen LogP contribution < -0.4 is 0 Å². The first kappa shape index (κ1) is 52.8. The molecular formula is C46H82N4O6. The molecule has 0 atom stereocenters. The highest BCUT2D eigenvalue weighted by Gasteiger charge is 2.39. The van der Waals surface area contributed by atoms with E-state index in [4.69, 9.17) is 9.84 Å². The summed E-state index contributed by atoms with van der Waals surface area (Å²) in [5.74, 6) is 2.50. The fraction of sp³-hybridized carbons (Fsp3) is 0.739. The number of carboxylic acid groups (broad SMARTS) is 1. The average Bonchev–Trinajstić information content (AvgIpc) is 3.03. The third-order valence-electron chi connectivity index (χ3n) is 8.09. The Labute approximate surface area is 341 Å². The van der Waals surface area contributed by atoms with E-state index in [-0.39, 0.29) is 16.9 Å². The van der Waals surface area contributed by atoms with Gasteiger partial charge in [-0.25, -0.2) is 9.59 Å². The number of aliphatic hydroxyl groups is 2. The molecule has 56 heavy (non-hydrogen) atoms. The maximum absolute atomic E-state index is 12.2. The summed E-state index contributed by atoms with van der Waals surface area (Å²) in [6.07, 6.45) is 0.462. The lowest BCUT2D eigenvalue weighted by Gasteiger charge is -2.38. The number of likely N-dealkylation sites (tertiary alicyclic amines) is 2. The van der Waals surface area contributed by atoms with Gasteiger partial charge in [0.2, 0.25) is 0 Å². The highest BCUT2D eigenvalue weighted by Crippen LogP contribution is 2.35. The van der Waals surface area contributed by atoms with Crippen LogP contribution in [0, 0.1) is 17.8 Å². The Hall–Kier alpha value is -3.24. The number of carbonyl (C=O) groups is 2. The Morgan fingerprint density at radius 2 is 0.875 bits per heavy atom. The van der Waals surface area contributed by atoms with Crippen molar-refractivity contribution in [1.29, 1.82) is 0 Å². The largest absolute Gasteiger partial charge is 0.465 e. The van der Waals surface area contributed by atoms with E-state index in [0.717, 1.165) is 29.1 Å². The topological polar surface area (TPSA) is 136 Å². The summed E-state index contributed by atoms with van der Waals surface area (Å²) >= 11 is 0. The van der Waals surface area contributed by atoms with Gasteiger partial charge >= 0.3 is 12.2 Å². The van der Waals surface area contributed by atoms with Gasteiger partial charge < -0.3 is 29.9 Å². The van der Waals surface area contributed by atoms with Crippen LogP contribution in [0.2, 0.25) is 0 Å². The van der Waals surface area contributed by atoms with Crippen LogP contribution in [0.25, 0.3) is 0 Å². The maximum Gasteiger partial charge on any atom is 0.410 e. The van der Waals surface area contributed by atoms with Crippen LogP contribution in [-0.4, -0.2) is 79.1 Å². The van der Waals surface area contributed by atoms with Crippen LogP contribution in [0.4, 0.5) is 9.59 Å². The molecule has 2 aliphatic heterocycles. The molecule has 0 aliphatic carbocycles. The van der Waals surface area contributed by atoms with Crippen molar-refractivity contribution >= 4 is 12.2 Å². The monoisotopic (exact) mass is 787 g/mol. The minimum absolute atomic E-state index is 0.0659. The van der Waals surface area contributed by atoms with E-state index in [1.54, 1.807) is 4.90 Å². The van der Waals surface area contributed by atoms with Gasteiger partial charge in [-0.1, -0.05) is 116 Å². The molecule has 3 N–H and O–H groups in total. The fourth-order valence-corrected chi connectivity index (χ4v) is 5.19. The van der Waals surface area contributed by atoms with Crippen molar-refractivity contribution in [2.75, 3.05) is 26.2 Å². The molecule has 10 heteroatoms. The molecule has 0 unspecified atom stereocenters. The highest BCUT2D eigenvalue weighted by molar-refractivity contribution is 5.68. The van der Waals surface area contributed by atoms with Gasteiger partial charge in [0.15, 0.2) is 0 Å². The standard InChI is InChI=1S/C19H30N2O3.C15H22N2O3.3C4H10/c1-17(2,3)14-8-7-9-15(20-14)19(23)10-12-21(13-11-19)16(22)24-18(4,5)6;1-14(2,3)11-5-4-6-12(16-11)15(20)7-9-17(10-8-15)13(18)19;3*1-4(2)3/h7-9,23H,10-13H2,1-6H3;4-6,20H,7-10H2,1-3H3,(H,18,19);3*4H,1-3H3. The maximum atomic E-state index is 12.2. The number of ether oxygens (including phenoxy) is 1. The van der Waals surface area contributed by atoms with Crippen LogP contribution in [0.15, 0.2) is 36.4 Å². The van der Waals surface area contributed by atoms with Gasteiger partial charge in [0.1, 0.15) is 16.8 Å². The zero-order valence-corrected chi connectivity index (χ0v) is 38.7. The molecule has 2 aliphatic rings. The van der Waals surface area contributed by atoms with Gasteiger partial charge in [-0.05, 0) is 88.5 Å². The molecule has 2 saturated heterocycles. The number of rotatable bonds is 2. The molecule has 0 radical (unpaired) electrons. The summed E-state index contributed by atoms with van der Waals surface area (Å²) in [5, 5.41) is 30.7. The number of pyridine rings is 2. The van der Waals surface area contributed by atoms with E-state index in [0.29, 0.717) is 63.3 Å². The van der Waals surface area contributed by atoms with Crippen molar-refractivity contribution in [3.05, 3.63) is 59.2 Å². The van der Waals surface area contributed by atoms with Gasteiger partial charge in [0.05, 0.1) is 11.4 Å². The minimum atomic E-state index is -1.02. The van der Waals surface area contributed by atoms with E-state index in [9.17, 15) is 19.8 Å². The predicted octanol–water partition coefficient (Wildman–Crippen LogP) is 10.9. The third kappa shape index (κ3) is 20.8. The van der Waals surface area contributed by atoms with E-state index in [1.807, 2.05) is 57.2 Å². The summed E-state index contributed by atoms with van der Waals surface area (Å²) in [7, 11) is 0. The van der Waals surface area contributed by atoms with Gasteiger partial charge in [-0.3, -0.25) is 9.97 Å². The number of piperidine rings is 2. The highest BCUT2D eigenvalue weighted by atomic mass is 16.6. The Morgan fingerprint density at radius 3 is 1.12 bits per heavy atom. The molecule has 0 saturated carbocycles. The van der Waals surface area contributed by atoms with Gasteiger partial charge in [0, 0.05) is 48.4 Å². The molecule has 0 aromatic carbocycles. The minimum Gasteiger partial charge on any atom is -0.465 e. The molecule has 2 aromatic heterocycles. The summed E-state index contributed by atoms with van der Waals surface area (Å²) in [6, 6.07) is 11.5. The molecule has 0 bridgehead atoms. The predicted molar refractivity (Wildman–Crippen MR) is 231 cm³/mol. The lowest BCUT2D eigenvalue weighted by Crippen LogP contribution is -2.47. The van der Waals surface area contributed by atoms with Crippen LogP contribution in [0.5, 0.6) is 0 Å². The molecule has 10 nitrogen and oxygen atoms in total. The van der Waals surface area contributed by atoms with Gasteiger partial charge in [0.25, 0.3) is 0 Å². The number of hydrogen-bond donors (Lipinski definition) is 3. The van der Waals surface area contributed by atoms with Crippen LogP contribution >= 0.6 is 0 Å². The van der Waals surface area contributed by atoms with Crippen molar-refractivity contribution in [2.45, 2.75) is 178 Å². The van der Waals surface area contributed by atoms with Crippen LogP contribution in [-0.2, 0) is 26.8 Å². The lowest BCUT2D eigenvalue weighted by atomic mass is 9.86. The number of carbonyl (C=O) groups excluding carboxylic acids is 1. The van der Waals surface area contributed by atoms with Crippen molar-refractivity contribution in [3.8, 4) is 0 Å². The smallest absolute Gasteiger partial charge is 0.410 e. The van der Waals surface area contributed by atoms with Gasteiger partial charge in [-0.15, -0.1) is 0 Å². The van der Waals surface area contributed by atoms with Crippen molar-refractivity contribution in [3.63, 3.8) is 0 Å². The van der Waals surface area contributed by atoms with E-state index >= 15 is 0 Å². The second kappa shape index (κ2) is 22.6. The summed E-state index contributed by atoms with van der Waals surface area (Å²) in [5.41, 5.74) is 0.582. The number of hydrogen-bond acceptors (Lipinski definition) is 7. The molecule has 4 heterocycles. The van der Waals surface area contributed by atoms with E-state index in [1.165, 1.54) is 4.90 Å². The zero-order valence-electron chi connectivity index (χ0n) is 38.7. The van der Waals surface area contributed by atoms with Gasteiger partial charge in [-0.2, -0.15) is 0 Å². The summed E-state index contributed by atoms with van der Waals surface area (Å²) < 4.78 is 5.40. The summed E-state index contributed by atoms with van der Waals surface area (Å²) in [4.78, 5) is 35.3. The lowest BCUT2D eigenvalue weighted by molar-refractivity contribution is -0.0383. The molecule has 2 amide bonds. The van der Waals surface area contributed by atoms with Crippen LogP contribution in [0.1, 0.15) is 173 Å². The normalized spacial score (nSPS) is 16.6. The molecule has 322 valence electrons. The quantitative estimate of drug-likeness (QED) is 0.274. The third-order valence-corrected chi connectivity index (χ3v) is 8.09. The number of nitrogens with zero attached hydrogens (tertiary/aromatic N) is 4. The molecule has 2 aromatic rings. The van der Waals surface area contributed by atoms with E-state index in [2.05, 4.69) is 114 Å². The average molecular weight is 787 g/mol. The van der Waals surface area contributed by atoms with Crippen molar-refractivity contribution in [1.82, 2.24) is 19.8 Å². The molecular weight excluding hydrogens is 705 g/mol. The number of amides is 2. The van der Waals surface area contributed by atoms with Crippen molar-refractivity contribution < 1.29 is 29.6 Å². The fourth-order valence-electron chi connectivity index (χ4n) is 5.19. The molecule has 4 rings (SSSR count). The Morgan fingerprint density at radius 1 is 0.589 bits per heavy atom. The molecule has 2 fully saturated rings. The number of aromatic nitrogens is 2. The first-order valence-electron chi connectivity index (χ1n) is 20.7.